The number of carbonyl (C=O) groups excluding carboxylic acids is 2. The fourth-order valence-corrected chi connectivity index (χ4v) is 5.99. The Morgan fingerprint density at radius 3 is 2.79 bits per heavy atom. The summed E-state index contributed by atoms with van der Waals surface area (Å²) >= 11 is 2.57. The van der Waals surface area contributed by atoms with Crippen molar-refractivity contribution >= 4 is 51.7 Å². The Balaban J connectivity index is 1.51. The largest absolute Gasteiger partial charge is 0.477 e. The summed E-state index contributed by atoms with van der Waals surface area (Å²) in [6.45, 7) is 3.32. The summed E-state index contributed by atoms with van der Waals surface area (Å²) in [5.41, 5.74) is 6.48. The van der Waals surface area contributed by atoms with Crippen LogP contribution in [0.1, 0.15) is 5.69 Å². The van der Waals surface area contributed by atoms with Crippen molar-refractivity contribution in [2.24, 2.45) is 5.16 Å². The Kier molecular flexibility index (Phi) is 6.61. The van der Waals surface area contributed by atoms with Gasteiger partial charge in [-0.05, 0) is 0 Å². The van der Waals surface area contributed by atoms with E-state index in [2.05, 4.69) is 22.5 Å². The monoisotopic (exact) mass is 497 g/mol. The van der Waals surface area contributed by atoms with Crippen LogP contribution in [0.15, 0.2) is 21.8 Å². The van der Waals surface area contributed by atoms with E-state index in [1.54, 1.807) is 5.38 Å². The predicted molar refractivity (Wildman–Crippen MR) is 121 cm³/mol. The molecule has 0 bridgehead atoms. The van der Waals surface area contributed by atoms with Gasteiger partial charge < -0.3 is 30.2 Å². The van der Waals surface area contributed by atoms with Gasteiger partial charge in [0.1, 0.15) is 49.6 Å². The molecule has 12 nitrogen and oxygen atoms in total. The Bertz CT molecular complexity index is 1030. The van der Waals surface area contributed by atoms with Crippen molar-refractivity contribution in [3.63, 3.8) is 0 Å². The number of fused-ring (bicyclic) bond motifs is 1. The number of morpholine rings is 1. The number of aromatic nitrogens is 1. The molecule has 1 aromatic heterocycles. The molecule has 2 fully saturated rings. The van der Waals surface area contributed by atoms with E-state index in [0.717, 1.165) is 24.4 Å². The number of likely N-dealkylation sites (N-methyl/N-ethyl adjacent to an activating group) is 1. The van der Waals surface area contributed by atoms with E-state index in [9.17, 15) is 19.5 Å². The molecule has 4 rings (SSSR count). The number of carboxylic acid groups (broad SMARTS) is 1. The number of nitrogen functional groups attached to an aromatic ring is 1. The molecule has 1 unspecified atom stereocenters. The molecule has 178 valence electrons. The molecule has 0 aliphatic carbocycles. The maximum atomic E-state index is 13.0. The topological polar surface area (TPSA) is 156 Å². The number of carboxylic acids is 1. The molecule has 0 saturated carbocycles. The number of quaternary nitrogens is 1. The zero-order valence-electron chi connectivity index (χ0n) is 18.1. The summed E-state index contributed by atoms with van der Waals surface area (Å²) < 4.78 is 6.09. The van der Waals surface area contributed by atoms with E-state index in [1.807, 2.05) is 0 Å². The number of nitrogens with two attached hydrogens (primary N) is 1. The number of amides is 2. The summed E-state index contributed by atoms with van der Waals surface area (Å²) in [5.74, 6) is -1.82. The minimum atomic E-state index is -1.15. The highest BCUT2D eigenvalue weighted by Gasteiger charge is 2.55. The summed E-state index contributed by atoms with van der Waals surface area (Å²) in [4.78, 5) is 48.0. The Morgan fingerprint density at radius 1 is 1.45 bits per heavy atom. The van der Waals surface area contributed by atoms with Gasteiger partial charge in [0, 0.05) is 16.7 Å². The van der Waals surface area contributed by atoms with E-state index in [4.69, 9.17) is 15.3 Å². The number of hydrogen-bond donors (Lipinski definition) is 3. The molecule has 3 aliphatic heterocycles. The number of rotatable bonds is 7. The van der Waals surface area contributed by atoms with E-state index < -0.39 is 29.2 Å². The van der Waals surface area contributed by atoms with E-state index in [1.165, 1.54) is 23.8 Å². The molecule has 33 heavy (non-hydrogen) atoms. The Labute approximate surface area is 198 Å². The first-order chi connectivity index (χ1) is 15.7. The summed E-state index contributed by atoms with van der Waals surface area (Å²) in [6.07, 6.45) is 0. The zero-order chi connectivity index (χ0) is 23.8. The second kappa shape index (κ2) is 9.29. The fourth-order valence-electron chi connectivity index (χ4n) is 4.11. The van der Waals surface area contributed by atoms with E-state index in [0.29, 0.717) is 35.6 Å². The maximum Gasteiger partial charge on any atom is 0.352 e. The van der Waals surface area contributed by atoms with Gasteiger partial charge in [-0.2, -0.15) is 0 Å². The summed E-state index contributed by atoms with van der Waals surface area (Å²) in [7, 11) is 3.35. The van der Waals surface area contributed by atoms with Crippen LogP contribution < -0.4 is 11.1 Å². The zero-order valence-corrected chi connectivity index (χ0v) is 19.8. The van der Waals surface area contributed by atoms with Gasteiger partial charge in [-0.15, -0.1) is 23.1 Å². The van der Waals surface area contributed by atoms with Gasteiger partial charge in [0.15, 0.2) is 10.8 Å². The van der Waals surface area contributed by atoms with Crippen LogP contribution in [0, 0.1) is 0 Å². The average Bonchev–Trinajstić information content (AvgIpc) is 3.21. The fraction of sp³-hybridized carbons (Fsp3) is 0.526. The van der Waals surface area contributed by atoms with Gasteiger partial charge in [-0.1, -0.05) is 5.16 Å². The van der Waals surface area contributed by atoms with Gasteiger partial charge >= 0.3 is 5.97 Å². The van der Waals surface area contributed by atoms with Crippen molar-refractivity contribution in [2.45, 2.75) is 11.4 Å². The van der Waals surface area contributed by atoms with Crippen LogP contribution in [-0.2, 0) is 24.0 Å². The molecule has 14 heteroatoms. The van der Waals surface area contributed by atoms with E-state index >= 15 is 0 Å². The predicted octanol–water partition coefficient (Wildman–Crippen LogP) is -0.709. The lowest BCUT2D eigenvalue weighted by atomic mass is 10.0. The first-order valence-corrected chi connectivity index (χ1v) is 12.1. The number of oxime groups is 1. The van der Waals surface area contributed by atoms with Crippen molar-refractivity contribution in [3.8, 4) is 0 Å². The standard InChI is InChI=1S/C19H24N6O6S2/c1-25(3-5-31-6-4-25)7-10-8-32-17-13(16(27)24(17)14(10)18(28)29)22-15(26)12(23-30-2)11-9-33-19(20)21-11/h9,13,17H,3-8H2,1-2H3,(H3-,20,21,22,26,28,29)/p+1/b23-12-/t13?,17-/m1/s1. The highest BCUT2D eigenvalue weighted by molar-refractivity contribution is 8.00. The molecule has 0 spiro atoms. The molecule has 3 aliphatic rings. The highest BCUT2D eigenvalue weighted by atomic mass is 32.2. The number of β-lactam (4-membered cyclic amide) rings is 1. The van der Waals surface area contributed by atoms with Crippen molar-refractivity contribution in [2.75, 3.05) is 58.5 Å². The molecule has 4 N–H and O–H groups in total. The van der Waals surface area contributed by atoms with Gasteiger partial charge in [-0.3, -0.25) is 14.5 Å². The van der Waals surface area contributed by atoms with Crippen LogP contribution in [0.25, 0.3) is 0 Å². The molecule has 1 aromatic rings. The highest BCUT2D eigenvalue weighted by Crippen LogP contribution is 2.41. The number of carbonyl (C=O) groups is 3. The van der Waals surface area contributed by atoms with Crippen LogP contribution in [-0.4, -0.2) is 107 Å². The van der Waals surface area contributed by atoms with Crippen molar-refractivity contribution < 1.29 is 33.5 Å². The number of hydrogen-bond acceptors (Lipinski definition) is 10. The number of nitrogens with zero attached hydrogens (tertiary/aromatic N) is 4. The Morgan fingerprint density at radius 2 is 2.18 bits per heavy atom. The number of aliphatic carboxylic acids is 1. The molecule has 0 radical (unpaired) electrons. The molecule has 0 aromatic carbocycles. The van der Waals surface area contributed by atoms with E-state index in [-0.39, 0.29) is 22.2 Å². The second-order valence-electron chi connectivity index (χ2n) is 8.15. The lowest BCUT2D eigenvalue weighted by Crippen LogP contribution is -2.71. The maximum absolute atomic E-state index is 13.0. The molecular formula is C19H25N6O6S2+. The van der Waals surface area contributed by atoms with Crippen molar-refractivity contribution in [1.82, 2.24) is 15.2 Å². The lowest BCUT2D eigenvalue weighted by Gasteiger charge is -2.50. The van der Waals surface area contributed by atoms with Crippen LogP contribution in [0.2, 0.25) is 0 Å². The third-order valence-corrected chi connectivity index (χ3v) is 7.84. The first-order valence-electron chi connectivity index (χ1n) is 10.2. The van der Waals surface area contributed by atoms with Gasteiger partial charge in [0.25, 0.3) is 11.8 Å². The first kappa shape index (κ1) is 23.5. The normalized spacial score (nSPS) is 24.7. The molecule has 2 saturated heterocycles. The molecular weight excluding hydrogens is 472 g/mol. The quantitative estimate of drug-likeness (QED) is 0.192. The van der Waals surface area contributed by atoms with Crippen LogP contribution >= 0.6 is 23.1 Å². The van der Waals surface area contributed by atoms with Crippen molar-refractivity contribution in [1.29, 1.82) is 0 Å². The lowest BCUT2D eigenvalue weighted by molar-refractivity contribution is -0.912. The smallest absolute Gasteiger partial charge is 0.352 e. The van der Waals surface area contributed by atoms with Crippen molar-refractivity contribution in [3.05, 3.63) is 22.3 Å². The number of thioether (sulfide) groups is 1. The molecule has 4 heterocycles. The van der Waals surface area contributed by atoms with Crippen LogP contribution in [0.3, 0.4) is 0 Å². The minimum absolute atomic E-state index is 0.0122. The molecule has 2 amide bonds. The number of nitrogens with one attached hydrogen (secondary N) is 1. The minimum Gasteiger partial charge on any atom is -0.477 e. The van der Waals surface area contributed by atoms with Crippen LogP contribution in [0.4, 0.5) is 5.13 Å². The number of thiazole rings is 1. The van der Waals surface area contributed by atoms with Gasteiger partial charge in [0.05, 0.1) is 20.3 Å². The molecule has 2 atom stereocenters. The summed E-state index contributed by atoms with van der Waals surface area (Å²) in [5, 5.41) is 17.6. The van der Waals surface area contributed by atoms with Gasteiger partial charge in [-0.25, -0.2) is 9.78 Å². The third-order valence-electron chi connectivity index (χ3n) is 5.82. The Hall–Kier alpha value is -2.68. The van der Waals surface area contributed by atoms with Gasteiger partial charge in [0.2, 0.25) is 0 Å². The third kappa shape index (κ3) is 4.55. The van der Waals surface area contributed by atoms with Crippen LogP contribution in [0.5, 0.6) is 0 Å². The number of ether oxygens (including phenoxy) is 1. The average molecular weight is 498 g/mol. The SMILES string of the molecule is CO/N=C(\C(=O)NC1C(=O)N2C(C(=O)O)=C(C[N+]3(C)CCOCC3)CS[C@H]12)c1csc(N)n1. The summed E-state index contributed by atoms with van der Waals surface area (Å²) in [6, 6.07) is -0.885. The number of anilines is 1. The second-order valence-corrected chi connectivity index (χ2v) is 10.1.